The zero-order chi connectivity index (χ0) is 12.6. The lowest BCUT2D eigenvalue weighted by molar-refractivity contribution is -0.0763. The summed E-state index contributed by atoms with van der Waals surface area (Å²) >= 11 is 6.24. The first-order valence-electron chi connectivity index (χ1n) is 6.46. The van der Waals surface area contributed by atoms with Gasteiger partial charge in [0.1, 0.15) is 10.8 Å². The van der Waals surface area contributed by atoms with Gasteiger partial charge in [-0.25, -0.2) is 9.97 Å². The number of fused-ring (bicyclic) bond motifs is 1. The van der Waals surface area contributed by atoms with E-state index in [0.717, 1.165) is 49.4 Å². The molecular weight excluding hydrogens is 252 g/mol. The van der Waals surface area contributed by atoms with Crippen molar-refractivity contribution in [1.29, 1.82) is 0 Å². The average Bonchev–Trinajstić information content (AvgIpc) is 2.39. The molecule has 1 aromatic heterocycles. The second-order valence-electron chi connectivity index (χ2n) is 5.10. The number of hydrogen-bond acceptors (Lipinski definition) is 4. The van der Waals surface area contributed by atoms with Gasteiger partial charge in [0, 0.05) is 18.6 Å². The van der Waals surface area contributed by atoms with Gasteiger partial charge in [-0.2, -0.15) is 0 Å². The molecule has 98 valence electrons. The van der Waals surface area contributed by atoms with Gasteiger partial charge in [0.2, 0.25) is 0 Å². The first kappa shape index (κ1) is 12.3. The Bertz CT molecular complexity index is 459. The Morgan fingerprint density at radius 2 is 2.11 bits per heavy atom. The van der Waals surface area contributed by atoms with Gasteiger partial charge < -0.3 is 9.47 Å². The summed E-state index contributed by atoms with van der Waals surface area (Å²) in [5, 5.41) is 0.519. The smallest absolute Gasteiger partial charge is 0.161 e. The molecule has 0 N–H and O–H groups in total. The van der Waals surface area contributed by atoms with Gasteiger partial charge in [-0.05, 0) is 26.2 Å². The van der Waals surface area contributed by atoms with E-state index in [1.807, 2.05) is 0 Å². The molecule has 18 heavy (non-hydrogen) atoms. The maximum absolute atomic E-state index is 6.24. The molecule has 0 aromatic carbocycles. The van der Waals surface area contributed by atoms with Gasteiger partial charge in [0.05, 0.1) is 18.9 Å². The maximum Gasteiger partial charge on any atom is 0.161 e. The highest BCUT2D eigenvalue weighted by atomic mass is 35.5. The lowest BCUT2D eigenvalue weighted by atomic mass is 9.94. The molecule has 1 unspecified atom stereocenters. The molecule has 1 saturated heterocycles. The first-order valence-corrected chi connectivity index (χ1v) is 6.84. The third-order valence-electron chi connectivity index (χ3n) is 3.71. The van der Waals surface area contributed by atoms with Crippen molar-refractivity contribution in [2.75, 3.05) is 13.2 Å². The molecule has 0 radical (unpaired) electrons. The van der Waals surface area contributed by atoms with Crippen molar-refractivity contribution in [2.24, 2.45) is 0 Å². The lowest BCUT2D eigenvalue weighted by Gasteiger charge is -2.33. The zero-order valence-electron chi connectivity index (χ0n) is 10.5. The summed E-state index contributed by atoms with van der Waals surface area (Å²) in [6.07, 6.45) is 4.03. The Labute approximate surface area is 112 Å². The second kappa shape index (κ2) is 4.76. The molecule has 0 spiro atoms. The molecule has 0 bridgehead atoms. The van der Waals surface area contributed by atoms with E-state index in [1.54, 1.807) is 0 Å². The fourth-order valence-electron chi connectivity index (χ4n) is 2.54. The number of ether oxygens (including phenoxy) is 2. The summed E-state index contributed by atoms with van der Waals surface area (Å²) in [7, 11) is 0. The molecule has 0 saturated carbocycles. The summed E-state index contributed by atoms with van der Waals surface area (Å²) in [5.41, 5.74) is 1.58. The van der Waals surface area contributed by atoms with Crippen LogP contribution in [0.5, 0.6) is 0 Å². The molecule has 5 heteroatoms. The minimum atomic E-state index is -0.380. The van der Waals surface area contributed by atoms with Crippen LogP contribution in [0.25, 0.3) is 0 Å². The van der Waals surface area contributed by atoms with Crippen LogP contribution in [-0.2, 0) is 28.1 Å². The van der Waals surface area contributed by atoms with E-state index < -0.39 is 0 Å². The van der Waals surface area contributed by atoms with Crippen LogP contribution in [-0.4, -0.2) is 23.2 Å². The first-order chi connectivity index (χ1) is 8.69. The third-order valence-corrected chi connectivity index (χ3v) is 4.03. The molecule has 1 aromatic rings. The van der Waals surface area contributed by atoms with Crippen molar-refractivity contribution in [3.63, 3.8) is 0 Å². The lowest BCUT2D eigenvalue weighted by Crippen LogP contribution is -2.33. The summed E-state index contributed by atoms with van der Waals surface area (Å²) in [6.45, 7) is 4.06. The summed E-state index contributed by atoms with van der Waals surface area (Å²) < 4.78 is 11.3. The van der Waals surface area contributed by atoms with Crippen LogP contribution in [0.2, 0.25) is 5.15 Å². The van der Waals surface area contributed by atoms with Crippen molar-refractivity contribution in [2.45, 2.75) is 44.8 Å². The van der Waals surface area contributed by atoms with E-state index >= 15 is 0 Å². The Kier molecular flexibility index (Phi) is 3.26. The van der Waals surface area contributed by atoms with E-state index in [4.69, 9.17) is 21.1 Å². The largest absolute Gasteiger partial charge is 0.376 e. The Balaban J connectivity index is 1.99. The van der Waals surface area contributed by atoms with Crippen molar-refractivity contribution in [3.05, 3.63) is 22.2 Å². The number of nitrogens with zero attached hydrogens (tertiary/aromatic N) is 2. The van der Waals surface area contributed by atoms with Crippen LogP contribution in [0.3, 0.4) is 0 Å². The van der Waals surface area contributed by atoms with Gasteiger partial charge in [-0.3, -0.25) is 0 Å². The molecule has 2 aliphatic rings. The summed E-state index contributed by atoms with van der Waals surface area (Å²) in [4.78, 5) is 9.10. The molecule has 4 nitrogen and oxygen atoms in total. The molecule has 2 aliphatic heterocycles. The Morgan fingerprint density at radius 3 is 2.89 bits per heavy atom. The van der Waals surface area contributed by atoms with Crippen LogP contribution in [0, 0.1) is 0 Å². The molecule has 1 atom stereocenters. The van der Waals surface area contributed by atoms with Gasteiger partial charge in [0.15, 0.2) is 5.82 Å². The maximum atomic E-state index is 6.24. The topological polar surface area (TPSA) is 44.2 Å². The number of aromatic nitrogens is 2. The highest BCUT2D eigenvalue weighted by Crippen LogP contribution is 2.34. The predicted octanol–water partition coefficient (Wildman–Crippen LogP) is 2.62. The van der Waals surface area contributed by atoms with Gasteiger partial charge in [0.25, 0.3) is 0 Å². The quantitative estimate of drug-likeness (QED) is 0.735. The van der Waals surface area contributed by atoms with Crippen molar-refractivity contribution in [1.82, 2.24) is 9.97 Å². The fourth-order valence-corrected chi connectivity index (χ4v) is 2.78. The Morgan fingerprint density at radius 1 is 1.22 bits per heavy atom. The van der Waals surface area contributed by atoms with E-state index in [1.165, 1.54) is 0 Å². The summed E-state index contributed by atoms with van der Waals surface area (Å²) in [6, 6.07) is 0. The highest BCUT2D eigenvalue weighted by Gasteiger charge is 2.34. The average molecular weight is 269 g/mol. The minimum absolute atomic E-state index is 0.380. The molecule has 3 rings (SSSR count). The van der Waals surface area contributed by atoms with E-state index in [2.05, 4.69) is 16.9 Å². The van der Waals surface area contributed by atoms with Crippen LogP contribution in [0.15, 0.2) is 0 Å². The molecule has 1 fully saturated rings. The molecule has 3 heterocycles. The van der Waals surface area contributed by atoms with Crippen LogP contribution < -0.4 is 0 Å². The predicted molar refractivity (Wildman–Crippen MR) is 67.6 cm³/mol. The standard InChI is InChI=1S/C13H17ClN2O2/c1-13(5-2-3-6-18-13)12-15-10-4-7-17-8-9(10)11(14)16-12/h2-8H2,1H3. The van der Waals surface area contributed by atoms with E-state index in [0.29, 0.717) is 18.4 Å². The zero-order valence-corrected chi connectivity index (χ0v) is 11.3. The second-order valence-corrected chi connectivity index (χ2v) is 5.46. The SMILES string of the molecule is CC1(c2nc(Cl)c3c(n2)CCOC3)CCCCO1. The minimum Gasteiger partial charge on any atom is -0.376 e. The number of rotatable bonds is 1. The molecule has 0 aliphatic carbocycles. The van der Waals surface area contributed by atoms with E-state index in [9.17, 15) is 0 Å². The molecular formula is C13H17ClN2O2. The van der Waals surface area contributed by atoms with Crippen molar-refractivity contribution in [3.8, 4) is 0 Å². The third kappa shape index (κ3) is 2.13. The summed E-state index contributed by atoms with van der Waals surface area (Å²) in [5.74, 6) is 0.729. The monoisotopic (exact) mass is 268 g/mol. The van der Waals surface area contributed by atoms with Gasteiger partial charge in [-0.15, -0.1) is 0 Å². The van der Waals surface area contributed by atoms with Crippen molar-refractivity contribution >= 4 is 11.6 Å². The van der Waals surface area contributed by atoms with Crippen molar-refractivity contribution < 1.29 is 9.47 Å². The highest BCUT2D eigenvalue weighted by molar-refractivity contribution is 6.30. The van der Waals surface area contributed by atoms with E-state index in [-0.39, 0.29) is 5.60 Å². The van der Waals surface area contributed by atoms with Crippen LogP contribution in [0.1, 0.15) is 43.3 Å². The fraction of sp³-hybridized carbons (Fsp3) is 0.692. The number of halogens is 1. The number of hydrogen-bond donors (Lipinski definition) is 0. The van der Waals surface area contributed by atoms with Gasteiger partial charge in [-0.1, -0.05) is 11.6 Å². The Hall–Kier alpha value is -0.710. The van der Waals surface area contributed by atoms with Gasteiger partial charge >= 0.3 is 0 Å². The van der Waals surface area contributed by atoms with Crippen LogP contribution in [0.4, 0.5) is 0 Å². The van der Waals surface area contributed by atoms with Crippen LogP contribution >= 0.6 is 11.6 Å². The normalized spacial score (nSPS) is 27.9. The molecule has 0 amide bonds.